The van der Waals surface area contributed by atoms with Crippen LogP contribution in [0.4, 0.5) is 11.5 Å². The quantitative estimate of drug-likeness (QED) is 0.914. The van der Waals surface area contributed by atoms with E-state index >= 15 is 0 Å². The van der Waals surface area contributed by atoms with Gasteiger partial charge in [-0.2, -0.15) is 0 Å². The number of carbonyl (C=O) groups excluding carboxylic acids is 1. The maximum atomic E-state index is 12.6. The Kier molecular flexibility index (Phi) is 4.41. The van der Waals surface area contributed by atoms with Crippen LogP contribution in [0.5, 0.6) is 0 Å². The smallest absolute Gasteiger partial charge is 0.255 e. The molecule has 0 aliphatic carbocycles. The molecule has 23 heavy (non-hydrogen) atoms. The number of nitrogen functional groups attached to an aromatic ring is 1. The normalized spacial score (nSPS) is 15.3. The van der Waals surface area contributed by atoms with Crippen molar-refractivity contribution in [2.75, 3.05) is 36.8 Å². The van der Waals surface area contributed by atoms with E-state index < -0.39 is 0 Å². The first-order valence-electron chi connectivity index (χ1n) is 7.82. The van der Waals surface area contributed by atoms with Gasteiger partial charge in [-0.3, -0.25) is 9.78 Å². The molecule has 0 spiro atoms. The highest BCUT2D eigenvalue weighted by Crippen LogP contribution is 2.17. The molecule has 0 bridgehead atoms. The lowest BCUT2D eigenvalue weighted by Crippen LogP contribution is -2.35. The summed E-state index contributed by atoms with van der Waals surface area (Å²) < 4.78 is 0. The van der Waals surface area contributed by atoms with Gasteiger partial charge in [0, 0.05) is 50.0 Å². The van der Waals surface area contributed by atoms with Crippen LogP contribution < -0.4 is 10.6 Å². The van der Waals surface area contributed by atoms with Gasteiger partial charge in [-0.1, -0.05) is 0 Å². The number of aromatic nitrogens is 2. The topological polar surface area (TPSA) is 75.3 Å². The van der Waals surface area contributed by atoms with Gasteiger partial charge < -0.3 is 15.5 Å². The van der Waals surface area contributed by atoms with Gasteiger partial charge in [0.2, 0.25) is 0 Å². The van der Waals surface area contributed by atoms with Crippen LogP contribution >= 0.6 is 0 Å². The van der Waals surface area contributed by atoms with Crippen molar-refractivity contribution in [3.8, 4) is 0 Å². The van der Waals surface area contributed by atoms with E-state index in [0.717, 1.165) is 31.7 Å². The zero-order valence-electron chi connectivity index (χ0n) is 13.3. The fraction of sp³-hybridized carbons (Fsp3) is 0.353. The van der Waals surface area contributed by atoms with Crippen molar-refractivity contribution in [1.29, 1.82) is 0 Å². The van der Waals surface area contributed by atoms with E-state index in [1.165, 1.54) is 5.69 Å². The van der Waals surface area contributed by atoms with E-state index in [0.29, 0.717) is 17.9 Å². The molecule has 6 nitrogen and oxygen atoms in total. The molecule has 0 saturated carbocycles. The minimum atomic E-state index is 0.0188. The number of hydrogen-bond acceptors (Lipinski definition) is 5. The second-order valence-corrected chi connectivity index (χ2v) is 5.76. The summed E-state index contributed by atoms with van der Waals surface area (Å²) in [4.78, 5) is 25.0. The fourth-order valence-electron chi connectivity index (χ4n) is 2.82. The highest BCUT2D eigenvalue weighted by molar-refractivity contribution is 5.94. The number of anilines is 2. The van der Waals surface area contributed by atoms with Crippen molar-refractivity contribution in [2.45, 2.75) is 13.3 Å². The second-order valence-electron chi connectivity index (χ2n) is 5.76. The van der Waals surface area contributed by atoms with Gasteiger partial charge in [0.1, 0.15) is 5.82 Å². The molecule has 1 aliphatic heterocycles. The lowest BCUT2D eigenvalue weighted by Gasteiger charge is -2.24. The van der Waals surface area contributed by atoms with Crippen LogP contribution in [0.15, 0.2) is 36.7 Å². The monoisotopic (exact) mass is 311 g/mol. The first-order valence-corrected chi connectivity index (χ1v) is 7.82. The molecule has 0 radical (unpaired) electrons. The zero-order chi connectivity index (χ0) is 16.2. The summed E-state index contributed by atoms with van der Waals surface area (Å²) in [5, 5.41) is 0. The van der Waals surface area contributed by atoms with Gasteiger partial charge in [-0.25, -0.2) is 4.98 Å². The average Bonchev–Trinajstić information content (AvgIpc) is 2.81. The van der Waals surface area contributed by atoms with Crippen molar-refractivity contribution >= 4 is 17.4 Å². The van der Waals surface area contributed by atoms with Crippen LogP contribution in [0, 0.1) is 6.92 Å². The van der Waals surface area contributed by atoms with E-state index in [2.05, 4.69) is 20.9 Å². The first kappa shape index (κ1) is 15.3. The number of amides is 1. The van der Waals surface area contributed by atoms with Gasteiger partial charge in [-0.15, -0.1) is 0 Å². The van der Waals surface area contributed by atoms with E-state index in [9.17, 15) is 4.79 Å². The largest absolute Gasteiger partial charge is 0.384 e. The number of hydrogen-bond donors (Lipinski definition) is 1. The lowest BCUT2D eigenvalue weighted by atomic mass is 10.2. The number of aryl methyl sites for hydroxylation is 1. The summed E-state index contributed by atoms with van der Waals surface area (Å²) >= 11 is 0. The van der Waals surface area contributed by atoms with Crippen molar-refractivity contribution in [1.82, 2.24) is 14.9 Å². The van der Waals surface area contributed by atoms with Gasteiger partial charge in [-0.05, 0) is 37.6 Å². The predicted molar refractivity (Wildman–Crippen MR) is 90.4 cm³/mol. The molecule has 1 aliphatic rings. The van der Waals surface area contributed by atoms with Crippen LogP contribution in [0.2, 0.25) is 0 Å². The van der Waals surface area contributed by atoms with Crippen LogP contribution in [0.25, 0.3) is 0 Å². The van der Waals surface area contributed by atoms with Crippen molar-refractivity contribution < 1.29 is 4.79 Å². The average molecular weight is 311 g/mol. The molecule has 1 saturated heterocycles. The first-order chi connectivity index (χ1) is 11.1. The number of nitrogens with zero attached hydrogens (tertiary/aromatic N) is 4. The Balaban J connectivity index is 1.68. The Morgan fingerprint density at radius 3 is 2.74 bits per heavy atom. The number of nitrogens with two attached hydrogens (primary N) is 1. The highest BCUT2D eigenvalue weighted by Gasteiger charge is 2.20. The number of pyridine rings is 2. The van der Waals surface area contributed by atoms with Crippen LogP contribution in [0.3, 0.4) is 0 Å². The van der Waals surface area contributed by atoms with Gasteiger partial charge >= 0.3 is 0 Å². The molecule has 0 unspecified atom stereocenters. The van der Waals surface area contributed by atoms with Crippen molar-refractivity contribution in [3.63, 3.8) is 0 Å². The van der Waals surface area contributed by atoms with E-state index in [4.69, 9.17) is 5.73 Å². The Labute approximate surface area is 135 Å². The third-order valence-corrected chi connectivity index (χ3v) is 4.06. The molecule has 2 N–H and O–H groups in total. The third-order valence-electron chi connectivity index (χ3n) is 4.06. The number of rotatable bonds is 2. The molecular formula is C17H21N5O. The Morgan fingerprint density at radius 1 is 1.13 bits per heavy atom. The molecule has 1 fully saturated rings. The van der Waals surface area contributed by atoms with E-state index in [-0.39, 0.29) is 5.91 Å². The van der Waals surface area contributed by atoms with Gasteiger partial charge in [0.25, 0.3) is 5.91 Å². The molecule has 3 heterocycles. The second kappa shape index (κ2) is 6.64. The molecule has 1 amide bonds. The molecule has 0 aromatic carbocycles. The number of carbonyl (C=O) groups is 1. The SMILES string of the molecule is Cc1cc(N2CCCN(C(=O)c3ccc(N)nc3)CC2)ccn1. The van der Waals surface area contributed by atoms with Gasteiger partial charge in [0.05, 0.1) is 5.56 Å². The summed E-state index contributed by atoms with van der Waals surface area (Å²) in [5.41, 5.74) is 8.34. The van der Waals surface area contributed by atoms with Crippen LogP contribution in [-0.2, 0) is 0 Å². The molecule has 3 rings (SSSR count). The Bertz CT molecular complexity index is 686. The zero-order valence-corrected chi connectivity index (χ0v) is 13.3. The minimum absolute atomic E-state index is 0.0188. The maximum absolute atomic E-state index is 12.6. The lowest BCUT2D eigenvalue weighted by molar-refractivity contribution is 0.0766. The minimum Gasteiger partial charge on any atom is -0.384 e. The summed E-state index contributed by atoms with van der Waals surface area (Å²) in [7, 11) is 0. The van der Waals surface area contributed by atoms with Crippen molar-refractivity contribution in [2.24, 2.45) is 0 Å². The van der Waals surface area contributed by atoms with Crippen molar-refractivity contribution in [3.05, 3.63) is 47.9 Å². The van der Waals surface area contributed by atoms with Crippen LogP contribution in [0.1, 0.15) is 22.5 Å². The molecular weight excluding hydrogens is 290 g/mol. The molecule has 120 valence electrons. The standard InChI is InChI=1S/C17H21N5O/c1-13-11-15(5-6-19-13)21-7-2-8-22(10-9-21)17(23)14-3-4-16(18)20-12-14/h3-6,11-12H,2,7-10H2,1H3,(H2,18,20). The molecule has 2 aromatic rings. The Hall–Kier alpha value is -2.63. The van der Waals surface area contributed by atoms with Crippen LogP contribution in [-0.4, -0.2) is 47.0 Å². The van der Waals surface area contributed by atoms with E-state index in [1.54, 1.807) is 18.3 Å². The van der Waals surface area contributed by atoms with E-state index in [1.807, 2.05) is 24.1 Å². The summed E-state index contributed by atoms with van der Waals surface area (Å²) in [6.07, 6.45) is 4.32. The molecule has 2 aromatic heterocycles. The predicted octanol–water partition coefficient (Wildman–Crippen LogP) is 1.72. The third kappa shape index (κ3) is 3.59. The summed E-state index contributed by atoms with van der Waals surface area (Å²) in [5.74, 6) is 0.446. The summed E-state index contributed by atoms with van der Waals surface area (Å²) in [6.45, 7) is 5.20. The highest BCUT2D eigenvalue weighted by atomic mass is 16.2. The summed E-state index contributed by atoms with van der Waals surface area (Å²) in [6, 6.07) is 7.51. The maximum Gasteiger partial charge on any atom is 0.255 e. The van der Waals surface area contributed by atoms with Gasteiger partial charge in [0.15, 0.2) is 0 Å². The molecule has 6 heteroatoms. The molecule has 0 atom stereocenters. The fourth-order valence-corrected chi connectivity index (χ4v) is 2.82. The Morgan fingerprint density at radius 2 is 2.00 bits per heavy atom.